The van der Waals surface area contributed by atoms with Crippen LogP contribution in [-0.2, 0) is 0 Å². The number of rotatable bonds is 2. The predicted molar refractivity (Wildman–Crippen MR) is 91.6 cm³/mol. The molecule has 1 saturated carbocycles. The van der Waals surface area contributed by atoms with Crippen LogP contribution < -0.4 is 0 Å². The molecule has 3 aromatic carbocycles. The number of fused-ring (bicyclic) bond motifs is 6. The van der Waals surface area contributed by atoms with Crippen molar-refractivity contribution in [2.75, 3.05) is 0 Å². The van der Waals surface area contributed by atoms with Crippen molar-refractivity contribution in [2.45, 2.75) is 11.8 Å². The van der Waals surface area contributed by atoms with Crippen molar-refractivity contribution in [2.24, 2.45) is 5.92 Å². The van der Waals surface area contributed by atoms with Gasteiger partial charge < -0.3 is 0 Å². The number of ketones is 1. The predicted octanol–water partition coefficient (Wildman–Crippen LogP) is 5.05. The lowest BCUT2D eigenvalue weighted by Crippen LogP contribution is -2.03. The molecule has 1 nitrogen and oxygen atoms in total. The summed E-state index contributed by atoms with van der Waals surface area (Å²) in [5.74, 6) is 1.05. The maximum absolute atomic E-state index is 13.0. The van der Waals surface area contributed by atoms with Gasteiger partial charge in [-0.05, 0) is 22.3 Å². The summed E-state index contributed by atoms with van der Waals surface area (Å²) >= 11 is 0. The molecular weight excluding hydrogens is 280 g/mol. The molecule has 3 atom stereocenters. The first-order chi connectivity index (χ1) is 11.4. The number of hydrogen-bond donors (Lipinski definition) is 0. The van der Waals surface area contributed by atoms with Gasteiger partial charge in [-0.15, -0.1) is 0 Å². The number of hydrogen-bond acceptors (Lipinski definition) is 1. The average molecular weight is 296 g/mol. The van der Waals surface area contributed by atoms with E-state index in [2.05, 4.69) is 48.5 Å². The van der Waals surface area contributed by atoms with Crippen LogP contribution in [0, 0.1) is 5.92 Å². The zero-order chi connectivity index (χ0) is 15.4. The maximum Gasteiger partial charge on any atom is 0.167 e. The molecule has 110 valence electrons. The van der Waals surface area contributed by atoms with Crippen molar-refractivity contribution >= 4 is 5.78 Å². The molecule has 1 heteroatoms. The zero-order valence-corrected chi connectivity index (χ0v) is 12.6. The van der Waals surface area contributed by atoms with Crippen LogP contribution in [-0.4, -0.2) is 5.78 Å². The topological polar surface area (TPSA) is 17.1 Å². The highest BCUT2D eigenvalue weighted by atomic mass is 16.1. The Bertz CT molecular complexity index is 859. The van der Waals surface area contributed by atoms with Crippen LogP contribution in [0.25, 0.3) is 11.1 Å². The standard InChI is InChI=1S/C22H16O/c23-22(14-8-2-1-3-9-14)21-19-17-12-6-4-10-15(17)16-11-5-7-13-18(16)20(19)21/h1-13,19-21H/t19-,20+,21?. The highest BCUT2D eigenvalue weighted by Crippen LogP contribution is 2.67. The van der Waals surface area contributed by atoms with Crippen molar-refractivity contribution in [1.82, 2.24) is 0 Å². The molecule has 0 amide bonds. The average Bonchev–Trinajstić information content (AvgIpc) is 3.38. The van der Waals surface area contributed by atoms with Crippen molar-refractivity contribution in [3.05, 3.63) is 95.6 Å². The largest absolute Gasteiger partial charge is 0.294 e. The van der Waals surface area contributed by atoms with Gasteiger partial charge in [-0.2, -0.15) is 0 Å². The third-order valence-corrected chi connectivity index (χ3v) is 5.31. The van der Waals surface area contributed by atoms with E-state index < -0.39 is 0 Å². The van der Waals surface area contributed by atoms with E-state index in [0.29, 0.717) is 11.8 Å². The molecule has 0 spiro atoms. The third kappa shape index (κ3) is 1.77. The second-order valence-corrected chi connectivity index (χ2v) is 6.48. The Morgan fingerprint density at radius 2 is 1.09 bits per heavy atom. The van der Waals surface area contributed by atoms with Gasteiger partial charge >= 0.3 is 0 Å². The fourth-order valence-electron chi connectivity index (χ4n) is 4.27. The van der Waals surface area contributed by atoms with Gasteiger partial charge in [-0.3, -0.25) is 4.79 Å². The fraction of sp³-hybridized carbons (Fsp3) is 0.136. The molecule has 23 heavy (non-hydrogen) atoms. The Labute approximate surface area is 135 Å². The van der Waals surface area contributed by atoms with E-state index in [9.17, 15) is 4.79 Å². The summed E-state index contributed by atoms with van der Waals surface area (Å²) in [7, 11) is 0. The number of carbonyl (C=O) groups is 1. The van der Waals surface area contributed by atoms with Crippen molar-refractivity contribution in [3.63, 3.8) is 0 Å². The number of benzene rings is 3. The van der Waals surface area contributed by atoms with E-state index in [0.717, 1.165) is 5.56 Å². The minimum absolute atomic E-state index is 0.0854. The van der Waals surface area contributed by atoms with Gasteiger partial charge in [0.25, 0.3) is 0 Å². The summed E-state index contributed by atoms with van der Waals surface area (Å²) < 4.78 is 0. The van der Waals surface area contributed by atoms with Gasteiger partial charge in [0.05, 0.1) is 0 Å². The van der Waals surface area contributed by atoms with Crippen LogP contribution in [0.15, 0.2) is 78.9 Å². The van der Waals surface area contributed by atoms with Gasteiger partial charge in [0.15, 0.2) is 5.78 Å². The summed E-state index contributed by atoms with van der Waals surface area (Å²) in [4.78, 5) is 13.0. The van der Waals surface area contributed by atoms with Crippen LogP contribution in [0.2, 0.25) is 0 Å². The summed E-state index contributed by atoms with van der Waals surface area (Å²) in [5, 5.41) is 0. The lowest BCUT2D eigenvalue weighted by Gasteiger charge is -2.18. The number of Topliss-reactive ketones (excluding diaryl/α,β-unsaturated/α-hetero) is 1. The molecule has 0 heterocycles. The normalized spacial score (nSPS) is 23.4. The van der Waals surface area contributed by atoms with E-state index in [1.54, 1.807) is 0 Å². The first-order valence-corrected chi connectivity index (χ1v) is 8.14. The lowest BCUT2D eigenvalue weighted by molar-refractivity contribution is 0.0963. The highest BCUT2D eigenvalue weighted by Gasteiger charge is 2.58. The Kier molecular flexibility index (Phi) is 2.60. The molecule has 2 aliphatic carbocycles. The molecule has 0 N–H and O–H groups in total. The number of carbonyl (C=O) groups excluding carboxylic acids is 1. The molecule has 2 aliphatic rings. The van der Waals surface area contributed by atoms with Crippen LogP contribution in [0.1, 0.15) is 33.3 Å². The Morgan fingerprint density at radius 3 is 1.65 bits per heavy atom. The van der Waals surface area contributed by atoms with Gasteiger partial charge in [0.2, 0.25) is 0 Å². The zero-order valence-electron chi connectivity index (χ0n) is 12.6. The molecule has 0 saturated heterocycles. The minimum Gasteiger partial charge on any atom is -0.294 e. The quantitative estimate of drug-likeness (QED) is 0.605. The van der Waals surface area contributed by atoms with Gasteiger partial charge in [0, 0.05) is 23.3 Å². The molecule has 0 aromatic heterocycles. The van der Waals surface area contributed by atoms with Crippen LogP contribution in [0.5, 0.6) is 0 Å². The van der Waals surface area contributed by atoms with Crippen LogP contribution in [0.3, 0.4) is 0 Å². The van der Waals surface area contributed by atoms with E-state index >= 15 is 0 Å². The molecular formula is C22H16O. The van der Waals surface area contributed by atoms with E-state index in [-0.39, 0.29) is 11.7 Å². The molecule has 1 fully saturated rings. The van der Waals surface area contributed by atoms with Crippen LogP contribution in [0.4, 0.5) is 0 Å². The summed E-state index contributed by atoms with van der Waals surface area (Å²) in [6.07, 6.45) is 0. The molecule has 0 aliphatic heterocycles. The smallest absolute Gasteiger partial charge is 0.167 e. The lowest BCUT2D eigenvalue weighted by atomic mass is 9.86. The van der Waals surface area contributed by atoms with Crippen molar-refractivity contribution < 1.29 is 4.79 Å². The summed E-state index contributed by atoms with van der Waals surface area (Å²) in [6.45, 7) is 0. The maximum atomic E-state index is 13.0. The monoisotopic (exact) mass is 296 g/mol. The highest BCUT2D eigenvalue weighted by molar-refractivity contribution is 6.03. The molecule has 5 rings (SSSR count). The summed E-state index contributed by atoms with van der Waals surface area (Å²) in [5.41, 5.74) is 6.11. The first-order valence-electron chi connectivity index (χ1n) is 8.14. The molecule has 0 radical (unpaired) electrons. The Balaban J connectivity index is 1.65. The van der Waals surface area contributed by atoms with E-state index in [4.69, 9.17) is 0 Å². The SMILES string of the molecule is O=C(c1ccccc1)C1[C@H]2c3ccccc3-c3ccccc3[C@@H]12. The third-order valence-electron chi connectivity index (χ3n) is 5.31. The second kappa shape index (κ2) is 4.66. The molecule has 0 bridgehead atoms. The van der Waals surface area contributed by atoms with E-state index in [1.165, 1.54) is 22.3 Å². The van der Waals surface area contributed by atoms with Crippen molar-refractivity contribution in [1.29, 1.82) is 0 Å². The van der Waals surface area contributed by atoms with Gasteiger partial charge in [0.1, 0.15) is 0 Å². The van der Waals surface area contributed by atoms with Gasteiger partial charge in [-0.25, -0.2) is 0 Å². The van der Waals surface area contributed by atoms with Crippen LogP contribution >= 0.6 is 0 Å². The first kappa shape index (κ1) is 12.8. The second-order valence-electron chi connectivity index (χ2n) is 6.48. The Hall–Kier alpha value is -2.67. The molecule has 3 aromatic rings. The van der Waals surface area contributed by atoms with E-state index in [1.807, 2.05) is 30.3 Å². The minimum atomic E-state index is 0.0854. The fourth-order valence-corrected chi connectivity index (χ4v) is 4.27. The van der Waals surface area contributed by atoms with Crippen molar-refractivity contribution in [3.8, 4) is 11.1 Å². The molecule has 1 unspecified atom stereocenters. The summed E-state index contributed by atoms with van der Waals surface area (Å²) in [6, 6.07) is 26.8. The Morgan fingerprint density at radius 1 is 0.609 bits per heavy atom. The van der Waals surface area contributed by atoms with Gasteiger partial charge in [-0.1, -0.05) is 78.9 Å².